The Morgan fingerprint density at radius 1 is 1.20 bits per heavy atom. The molecule has 0 spiro atoms. The highest BCUT2D eigenvalue weighted by molar-refractivity contribution is 5.52. The summed E-state index contributed by atoms with van der Waals surface area (Å²) in [6, 6.07) is 7.32. The third-order valence-corrected chi connectivity index (χ3v) is 1.57. The molecule has 82 valence electrons. The van der Waals surface area contributed by atoms with E-state index in [-0.39, 0.29) is 12.2 Å². The summed E-state index contributed by atoms with van der Waals surface area (Å²) in [7, 11) is 0. The molecule has 0 radical (unpaired) electrons. The summed E-state index contributed by atoms with van der Waals surface area (Å²) < 4.78 is 10.9. The lowest BCUT2D eigenvalue weighted by atomic mass is 10.2. The molecule has 1 aromatic carbocycles. The number of hydrogen-bond acceptors (Lipinski definition) is 3. The maximum atomic E-state index is 10.2. The number of benzene rings is 1. The highest BCUT2D eigenvalue weighted by Gasteiger charge is 2.14. The van der Waals surface area contributed by atoms with Crippen molar-refractivity contribution in [2.45, 2.75) is 26.4 Å². The van der Waals surface area contributed by atoms with Crippen molar-refractivity contribution in [2.75, 3.05) is 6.61 Å². The van der Waals surface area contributed by atoms with Gasteiger partial charge in [0, 0.05) is 0 Å². The predicted molar refractivity (Wildman–Crippen MR) is 58.4 cm³/mol. The van der Waals surface area contributed by atoms with Crippen LogP contribution in [0.1, 0.15) is 20.8 Å². The Kier molecular flexibility index (Phi) is 3.72. The minimum atomic E-state index is -0.277. The second-order valence-corrected chi connectivity index (χ2v) is 4.14. The Morgan fingerprint density at radius 2 is 1.80 bits per heavy atom. The lowest BCUT2D eigenvalue weighted by Gasteiger charge is -2.22. The fraction of sp³-hybridized carbons (Fsp3) is 0.417. The van der Waals surface area contributed by atoms with Crippen molar-refractivity contribution in [2.24, 2.45) is 0 Å². The summed E-state index contributed by atoms with van der Waals surface area (Å²) in [6.45, 7) is 5.93. The van der Waals surface area contributed by atoms with Gasteiger partial charge in [-0.1, -0.05) is 12.1 Å². The highest BCUT2D eigenvalue weighted by atomic mass is 16.5. The summed E-state index contributed by atoms with van der Waals surface area (Å²) in [5, 5.41) is 0. The van der Waals surface area contributed by atoms with Crippen molar-refractivity contribution in [3.63, 3.8) is 0 Å². The van der Waals surface area contributed by atoms with E-state index in [9.17, 15) is 4.79 Å². The summed E-state index contributed by atoms with van der Waals surface area (Å²) in [5.41, 5.74) is -0.277. The number of para-hydroxylation sites is 2. The zero-order chi connectivity index (χ0) is 11.3. The molecule has 0 aromatic heterocycles. The lowest BCUT2D eigenvalue weighted by Crippen LogP contribution is -2.23. The second-order valence-electron chi connectivity index (χ2n) is 4.14. The first-order chi connectivity index (χ1) is 7.03. The Hall–Kier alpha value is -1.51. The topological polar surface area (TPSA) is 35.5 Å². The van der Waals surface area contributed by atoms with Gasteiger partial charge < -0.3 is 9.47 Å². The van der Waals surface area contributed by atoms with Crippen molar-refractivity contribution in [3.05, 3.63) is 24.3 Å². The summed E-state index contributed by atoms with van der Waals surface area (Å²) in [5.74, 6) is 1.26. The average Bonchev–Trinajstić information content (AvgIpc) is 2.14. The van der Waals surface area contributed by atoms with Crippen LogP contribution >= 0.6 is 0 Å². The number of carbonyl (C=O) groups excluding carboxylic acids is 1. The first kappa shape index (κ1) is 11.6. The molecule has 0 unspecified atom stereocenters. The molecule has 0 aliphatic heterocycles. The van der Waals surface area contributed by atoms with Gasteiger partial charge in [-0.05, 0) is 32.9 Å². The predicted octanol–water partition coefficient (Wildman–Crippen LogP) is 2.44. The van der Waals surface area contributed by atoms with Crippen LogP contribution in [0.25, 0.3) is 0 Å². The van der Waals surface area contributed by atoms with Crippen LogP contribution in [0.3, 0.4) is 0 Å². The molecule has 3 nitrogen and oxygen atoms in total. The van der Waals surface area contributed by atoms with Gasteiger partial charge in [0.25, 0.3) is 0 Å². The van der Waals surface area contributed by atoms with Crippen molar-refractivity contribution in [1.29, 1.82) is 0 Å². The van der Waals surface area contributed by atoms with Crippen molar-refractivity contribution in [3.8, 4) is 11.5 Å². The third kappa shape index (κ3) is 4.02. The molecular formula is C12H16O3. The van der Waals surface area contributed by atoms with Crippen molar-refractivity contribution < 1.29 is 14.3 Å². The van der Waals surface area contributed by atoms with E-state index in [4.69, 9.17) is 9.47 Å². The van der Waals surface area contributed by atoms with E-state index in [0.717, 1.165) is 0 Å². The fourth-order valence-corrected chi connectivity index (χ4v) is 1.11. The lowest BCUT2D eigenvalue weighted by molar-refractivity contribution is -0.109. The minimum absolute atomic E-state index is 0.0461. The van der Waals surface area contributed by atoms with Crippen LogP contribution in [0.2, 0.25) is 0 Å². The standard InChI is InChI=1S/C12H16O3/c1-12(2,3)15-11-7-5-4-6-10(11)14-9-8-13/h4-8H,9H2,1-3H3. The van der Waals surface area contributed by atoms with Gasteiger partial charge in [0.2, 0.25) is 0 Å². The van der Waals surface area contributed by atoms with E-state index in [0.29, 0.717) is 17.8 Å². The van der Waals surface area contributed by atoms with Gasteiger partial charge >= 0.3 is 0 Å². The van der Waals surface area contributed by atoms with Crippen LogP contribution < -0.4 is 9.47 Å². The Morgan fingerprint density at radius 3 is 2.33 bits per heavy atom. The van der Waals surface area contributed by atoms with Crippen LogP contribution in [-0.4, -0.2) is 18.5 Å². The summed E-state index contributed by atoms with van der Waals surface area (Å²) in [6.07, 6.45) is 0.716. The largest absolute Gasteiger partial charge is 0.484 e. The van der Waals surface area contributed by atoms with Gasteiger partial charge in [-0.3, -0.25) is 4.79 Å². The first-order valence-electron chi connectivity index (χ1n) is 4.87. The Bertz CT molecular complexity index is 326. The molecule has 0 bridgehead atoms. The molecule has 0 aliphatic rings. The molecule has 1 rings (SSSR count). The van der Waals surface area contributed by atoms with Gasteiger partial charge in [0.1, 0.15) is 12.2 Å². The van der Waals surface area contributed by atoms with Crippen LogP contribution in [0.15, 0.2) is 24.3 Å². The summed E-state index contributed by atoms with van der Waals surface area (Å²) in [4.78, 5) is 10.2. The molecule has 0 heterocycles. The first-order valence-corrected chi connectivity index (χ1v) is 4.87. The molecule has 0 amide bonds. The molecule has 3 heteroatoms. The monoisotopic (exact) mass is 208 g/mol. The smallest absolute Gasteiger partial charge is 0.161 e. The molecule has 0 atom stereocenters. The maximum absolute atomic E-state index is 10.2. The van der Waals surface area contributed by atoms with Crippen molar-refractivity contribution >= 4 is 6.29 Å². The molecule has 0 N–H and O–H groups in total. The normalized spacial score (nSPS) is 10.9. The van der Waals surface area contributed by atoms with Crippen LogP contribution in [-0.2, 0) is 4.79 Å². The van der Waals surface area contributed by atoms with E-state index in [1.54, 1.807) is 6.07 Å². The highest BCUT2D eigenvalue weighted by Crippen LogP contribution is 2.29. The molecule has 0 aliphatic carbocycles. The second kappa shape index (κ2) is 4.82. The number of ether oxygens (including phenoxy) is 2. The van der Waals surface area contributed by atoms with Gasteiger partial charge in [-0.2, -0.15) is 0 Å². The minimum Gasteiger partial charge on any atom is -0.484 e. The molecule has 0 fully saturated rings. The van der Waals surface area contributed by atoms with E-state index >= 15 is 0 Å². The molecule has 1 aromatic rings. The average molecular weight is 208 g/mol. The Labute approximate surface area is 90.0 Å². The van der Waals surface area contributed by atoms with E-state index in [2.05, 4.69) is 0 Å². The van der Waals surface area contributed by atoms with Gasteiger partial charge in [0.05, 0.1) is 0 Å². The van der Waals surface area contributed by atoms with E-state index < -0.39 is 0 Å². The molecule has 0 saturated carbocycles. The quantitative estimate of drug-likeness (QED) is 0.713. The fourth-order valence-electron chi connectivity index (χ4n) is 1.11. The molecular weight excluding hydrogens is 192 g/mol. The van der Waals surface area contributed by atoms with Gasteiger partial charge in [-0.25, -0.2) is 0 Å². The molecule has 15 heavy (non-hydrogen) atoms. The third-order valence-electron chi connectivity index (χ3n) is 1.57. The van der Waals surface area contributed by atoms with E-state index in [1.807, 2.05) is 39.0 Å². The Balaban J connectivity index is 2.81. The number of carbonyl (C=O) groups is 1. The maximum Gasteiger partial charge on any atom is 0.161 e. The number of aldehydes is 1. The zero-order valence-corrected chi connectivity index (χ0v) is 9.32. The van der Waals surface area contributed by atoms with E-state index in [1.165, 1.54) is 0 Å². The van der Waals surface area contributed by atoms with Crippen molar-refractivity contribution in [1.82, 2.24) is 0 Å². The number of rotatable bonds is 4. The molecule has 0 saturated heterocycles. The summed E-state index contributed by atoms with van der Waals surface area (Å²) >= 11 is 0. The number of hydrogen-bond donors (Lipinski definition) is 0. The zero-order valence-electron chi connectivity index (χ0n) is 9.32. The van der Waals surface area contributed by atoms with Crippen LogP contribution in [0.4, 0.5) is 0 Å². The van der Waals surface area contributed by atoms with Gasteiger partial charge in [0.15, 0.2) is 17.8 Å². The SMILES string of the molecule is CC(C)(C)Oc1ccccc1OCC=O. The van der Waals surface area contributed by atoms with Gasteiger partial charge in [-0.15, -0.1) is 0 Å². The van der Waals surface area contributed by atoms with Crippen LogP contribution in [0, 0.1) is 0 Å². The van der Waals surface area contributed by atoms with Crippen LogP contribution in [0.5, 0.6) is 11.5 Å².